The fraction of sp³-hybridized carbons (Fsp3) is 0.617. The molecule has 14 heteroatoms. The lowest BCUT2D eigenvalue weighted by molar-refractivity contribution is -0.170. The van der Waals surface area contributed by atoms with Crippen molar-refractivity contribution in [3.63, 3.8) is 0 Å². The summed E-state index contributed by atoms with van der Waals surface area (Å²) in [6, 6.07) is 12.0. The predicted molar refractivity (Wildman–Crippen MR) is 226 cm³/mol. The molecule has 10 atom stereocenters. The summed E-state index contributed by atoms with van der Waals surface area (Å²) in [4.78, 5) is 49.0. The van der Waals surface area contributed by atoms with Crippen LogP contribution in [0.25, 0.3) is 21.8 Å². The van der Waals surface area contributed by atoms with E-state index < -0.39 is 28.9 Å². The fourth-order valence-electron chi connectivity index (χ4n) is 12.7. The van der Waals surface area contributed by atoms with Gasteiger partial charge in [-0.05, 0) is 99.4 Å². The van der Waals surface area contributed by atoms with Gasteiger partial charge in [-0.3, -0.25) is 14.5 Å². The van der Waals surface area contributed by atoms with E-state index in [0.29, 0.717) is 31.1 Å². The van der Waals surface area contributed by atoms with Crippen LogP contribution in [0.1, 0.15) is 72.6 Å². The van der Waals surface area contributed by atoms with Gasteiger partial charge >= 0.3 is 11.9 Å². The first kappa shape index (κ1) is 39.8. The third-order valence-electron chi connectivity index (χ3n) is 16.0. The minimum atomic E-state index is -0.809. The van der Waals surface area contributed by atoms with E-state index in [1.54, 1.807) is 7.11 Å². The molecule has 8 aliphatic rings. The molecule has 6 fully saturated rings. The summed E-state index contributed by atoms with van der Waals surface area (Å²) in [5, 5.41) is 6.45. The predicted octanol–water partition coefficient (Wildman–Crippen LogP) is 6.22. The van der Waals surface area contributed by atoms with Gasteiger partial charge in [0, 0.05) is 65.4 Å². The molecule has 5 aliphatic heterocycles. The van der Waals surface area contributed by atoms with E-state index >= 15 is 0 Å². The number of carbonyl (C=O) groups excluding carboxylic acids is 3. The van der Waals surface area contributed by atoms with Crippen LogP contribution >= 0.6 is 11.6 Å². The molecule has 324 valence electrons. The molecule has 6 heterocycles. The van der Waals surface area contributed by atoms with Gasteiger partial charge in [0.05, 0.1) is 36.4 Å². The Hall–Kier alpha value is -4.01. The number of rotatable bonds is 12. The van der Waals surface area contributed by atoms with E-state index in [0.717, 1.165) is 89.7 Å². The zero-order chi connectivity index (χ0) is 42.2. The molecule has 0 bridgehead atoms. The quantitative estimate of drug-likeness (QED) is 0.125. The van der Waals surface area contributed by atoms with Gasteiger partial charge in [-0.25, -0.2) is 9.78 Å². The van der Waals surface area contributed by atoms with Gasteiger partial charge in [-0.2, -0.15) is 0 Å². The number of amides is 1. The number of cyclic esters (lactones) is 1. The number of hydrogen-bond acceptors (Lipinski definition) is 12. The Morgan fingerprint density at radius 1 is 1.00 bits per heavy atom. The molecule has 3 aromatic rings. The van der Waals surface area contributed by atoms with E-state index in [9.17, 15) is 14.4 Å². The van der Waals surface area contributed by atoms with Crippen LogP contribution in [0.5, 0.6) is 5.75 Å². The number of aromatic nitrogens is 1. The Morgan fingerprint density at radius 2 is 1.82 bits per heavy atom. The van der Waals surface area contributed by atoms with Crippen molar-refractivity contribution in [3.05, 3.63) is 52.6 Å². The third-order valence-corrected chi connectivity index (χ3v) is 16.3. The molecule has 2 aromatic carbocycles. The number of benzene rings is 2. The van der Waals surface area contributed by atoms with Crippen LogP contribution in [0.15, 0.2) is 47.5 Å². The van der Waals surface area contributed by atoms with Crippen LogP contribution in [0.2, 0.25) is 5.02 Å². The zero-order valence-corrected chi connectivity index (χ0v) is 36.3. The molecule has 0 radical (unpaired) electrons. The fourth-order valence-corrected chi connectivity index (χ4v) is 12.9. The molecule has 1 amide bonds. The summed E-state index contributed by atoms with van der Waals surface area (Å²) >= 11 is 6.34. The maximum absolute atomic E-state index is 13.8. The molecule has 2 saturated carbocycles. The van der Waals surface area contributed by atoms with E-state index in [2.05, 4.69) is 37.9 Å². The number of nitrogens with one attached hydrogen (secondary N) is 1. The van der Waals surface area contributed by atoms with Gasteiger partial charge in [0.2, 0.25) is 5.91 Å². The first-order chi connectivity index (χ1) is 29.3. The minimum Gasteiger partial charge on any atom is -0.497 e. The molecular weight excluding hydrogens is 800 g/mol. The molecule has 1 N–H and O–H groups in total. The highest BCUT2D eigenvalue weighted by molar-refractivity contribution is 6.31. The van der Waals surface area contributed by atoms with Gasteiger partial charge in [0.15, 0.2) is 11.7 Å². The van der Waals surface area contributed by atoms with Crippen molar-refractivity contribution in [1.29, 1.82) is 0 Å². The number of piperazine rings is 1. The van der Waals surface area contributed by atoms with E-state index in [4.69, 9.17) is 45.0 Å². The second-order valence-corrected chi connectivity index (χ2v) is 19.8. The number of pyridine rings is 1. The highest BCUT2D eigenvalue weighted by atomic mass is 35.5. The highest BCUT2D eigenvalue weighted by Crippen LogP contribution is 2.83. The number of carbonyl (C=O) groups is 3. The lowest BCUT2D eigenvalue weighted by Crippen LogP contribution is -2.70. The largest absolute Gasteiger partial charge is 0.497 e. The normalized spacial score (nSPS) is 36.0. The number of ether oxygens (including phenoxy) is 6. The smallest absolute Gasteiger partial charge is 0.334 e. The number of fused-ring (bicyclic) bond motifs is 6. The molecule has 2 spiro atoms. The first-order valence-corrected chi connectivity index (χ1v) is 22.7. The van der Waals surface area contributed by atoms with Gasteiger partial charge in [0.1, 0.15) is 35.8 Å². The molecule has 3 aliphatic carbocycles. The standard InChI is InChI=1S/C47H55ClN4O9/c1-25(2)45-40(60-45)41-47(61-41)44(4)15-14-29-32(24-57-42(29)55)33(44)23-36-46(47,59-36)43(45)58-38(54)13-12-37(53)52-19-17-51(18-20-52)16-6-7-26(3)49-39-30-10-8-27(48)21-35(30)50-34-11-9-28(56-5)22-31(34)39/h8-11,21-22,25-26,33,36,40-41,43H,6-7,12-20,23-24H2,1-5H3,(H,49,50)/t26?,33-,36-,40-,41-,43+,44-,45-,46+,47+/m0/s1. The molecule has 13 nitrogen and oxygen atoms in total. The van der Waals surface area contributed by atoms with Gasteiger partial charge in [-0.1, -0.05) is 32.4 Å². The lowest BCUT2D eigenvalue weighted by atomic mass is 9.46. The summed E-state index contributed by atoms with van der Waals surface area (Å²) in [6.45, 7) is 12.8. The first-order valence-electron chi connectivity index (χ1n) is 22.3. The maximum atomic E-state index is 13.8. The highest BCUT2D eigenvalue weighted by Gasteiger charge is 3.01. The second kappa shape index (κ2) is 14.0. The molecule has 1 unspecified atom stereocenters. The average Bonchev–Trinajstić information content (AvgIpc) is 4.18. The zero-order valence-electron chi connectivity index (χ0n) is 35.6. The minimum absolute atomic E-state index is 0.00519. The number of epoxide rings is 3. The van der Waals surface area contributed by atoms with Gasteiger partial charge < -0.3 is 38.6 Å². The summed E-state index contributed by atoms with van der Waals surface area (Å²) < 4.78 is 37.7. The maximum Gasteiger partial charge on any atom is 0.334 e. The van der Waals surface area contributed by atoms with Gasteiger partial charge in [-0.15, -0.1) is 0 Å². The summed E-state index contributed by atoms with van der Waals surface area (Å²) in [7, 11) is 1.67. The van der Waals surface area contributed by atoms with Crippen LogP contribution in [0, 0.1) is 17.3 Å². The van der Waals surface area contributed by atoms with E-state index in [1.165, 1.54) is 0 Å². The van der Waals surface area contributed by atoms with E-state index in [1.807, 2.05) is 41.3 Å². The Bertz CT molecular complexity index is 2400. The van der Waals surface area contributed by atoms with Crippen LogP contribution in [-0.2, 0) is 38.1 Å². The Labute approximate surface area is 360 Å². The Morgan fingerprint density at radius 3 is 2.61 bits per heavy atom. The lowest BCUT2D eigenvalue weighted by Gasteiger charge is -2.53. The monoisotopic (exact) mass is 854 g/mol. The molecule has 11 rings (SSSR count). The van der Waals surface area contributed by atoms with Crippen molar-refractivity contribution in [2.75, 3.05) is 51.8 Å². The molecule has 1 aromatic heterocycles. The summed E-state index contributed by atoms with van der Waals surface area (Å²) in [5.41, 5.74) is 2.18. The Balaban J connectivity index is 0.685. The topological polar surface area (TPSA) is 148 Å². The SMILES string of the molecule is COc1ccc2nc3cc(Cl)ccc3c(NC(C)CCCN3CCN(C(=O)CCC(=O)O[C@@H]4[C@@]5(C(C)C)O[C@H]5[C@@H]5O[C@]56[C@]45O[C@H]5C[C@H]4C5=C(CC[C@@]46C)C(=O)OC5)CC3)c2c1. The van der Waals surface area contributed by atoms with Crippen LogP contribution in [0.4, 0.5) is 5.69 Å². The van der Waals surface area contributed by atoms with Crippen molar-refractivity contribution < 1.29 is 42.8 Å². The Kier molecular flexibility index (Phi) is 9.13. The van der Waals surface area contributed by atoms with Crippen molar-refractivity contribution in [3.8, 4) is 5.75 Å². The summed E-state index contributed by atoms with van der Waals surface area (Å²) in [5.74, 6) is 0.314. The number of anilines is 1. The second-order valence-electron chi connectivity index (χ2n) is 19.3. The van der Waals surface area contributed by atoms with Crippen molar-refractivity contribution in [1.82, 2.24) is 14.8 Å². The molecular formula is C47H55ClN4O9. The van der Waals surface area contributed by atoms with Crippen LogP contribution in [-0.4, -0.2) is 126 Å². The summed E-state index contributed by atoms with van der Waals surface area (Å²) in [6.07, 6.45) is 3.03. The van der Waals surface area contributed by atoms with Crippen LogP contribution < -0.4 is 10.1 Å². The van der Waals surface area contributed by atoms with Crippen molar-refractivity contribution in [2.24, 2.45) is 17.3 Å². The number of hydrogen-bond donors (Lipinski definition) is 1. The third kappa shape index (κ3) is 5.71. The number of nitrogens with zero attached hydrogens (tertiary/aromatic N) is 3. The average molecular weight is 855 g/mol. The van der Waals surface area contributed by atoms with Crippen molar-refractivity contribution in [2.45, 2.75) is 120 Å². The van der Waals surface area contributed by atoms with Gasteiger partial charge in [0.25, 0.3) is 0 Å². The number of methoxy groups -OCH3 is 1. The number of halogens is 1. The molecule has 61 heavy (non-hydrogen) atoms. The van der Waals surface area contributed by atoms with Crippen LogP contribution in [0.3, 0.4) is 0 Å². The van der Waals surface area contributed by atoms with E-state index in [-0.39, 0.29) is 66.3 Å². The number of esters is 2. The molecule has 4 saturated heterocycles. The van der Waals surface area contributed by atoms with Crippen molar-refractivity contribution >= 4 is 56.9 Å².